The van der Waals surface area contributed by atoms with E-state index in [4.69, 9.17) is 9.36 Å². The average molecular weight is 214 g/mol. The van der Waals surface area contributed by atoms with Crippen molar-refractivity contribution in [3.8, 4) is 0 Å². The highest BCUT2D eigenvalue weighted by Crippen LogP contribution is 2.20. The van der Waals surface area contributed by atoms with Crippen LogP contribution in [0.1, 0.15) is 22.6 Å². The Morgan fingerprint density at radius 2 is 2.12 bits per heavy atom. The minimum absolute atomic E-state index is 0.510. The molecule has 0 aliphatic carbocycles. The van der Waals surface area contributed by atoms with E-state index in [2.05, 4.69) is 10.3 Å². The number of oxime groups is 1. The fraction of sp³-hybridized carbons (Fsp3) is 0.167. The summed E-state index contributed by atoms with van der Waals surface area (Å²) in [6.45, 7) is 2.36. The molecule has 3 rings (SSSR count). The van der Waals surface area contributed by atoms with E-state index in [0.717, 1.165) is 22.6 Å². The molecule has 16 heavy (non-hydrogen) atoms. The standard InChI is InChI=1S/C12H10N2O2/c1-8-6-11(13-16-8)12-10-5-3-2-4-9(10)7-15-14-12/h2-6H,7H2,1H3. The van der Waals surface area contributed by atoms with Gasteiger partial charge in [0.2, 0.25) is 0 Å². The lowest BCUT2D eigenvalue weighted by Gasteiger charge is -2.14. The number of rotatable bonds is 1. The van der Waals surface area contributed by atoms with Crippen molar-refractivity contribution >= 4 is 5.71 Å². The molecular formula is C12H10N2O2. The average Bonchev–Trinajstić information content (AvgIpc) is 2.75. The number of aryl methyl sites for hydroxylation is 1. The van der Waals surface area contributed by atoms with Crippen LogP contribution in [-0.4, -0.2) is 10.9 Å². The van der Waals surface area contributed by atoms with Gasteiger partial charge >= 0.3 is 0 Å². The molecule has 2 aromatic rings. The Labute approximate surface area is 92.5 Å². The van der Waals surface area contributed by atoms with Gasteiger partial charge in [-0.2, -0.15) is 0 Å². The van der Waals surface area contributed by atoms with Gasteiger partial charge in [-0.15, -0.1) is 0 Å². The topological polar surface area (TPSA) is 47.6 Å². The van der Waals surface area contributed by atoms with Gasteiger partial charge in [-0.05, 0) is 6.92 Å². The molecule has 1 aromatic heterocycles. The van der Waals surface area contributed by atoms with Gasteiger partial charge in [0.15, 0.2) is 0 Å². The van der Waals surface area contributed by atoms with Crippen LogP contribution in [0.2, 0.25) is 0 Å². The van der Waals surface area contributed by atoms with Gasteiger partial charge in [-0.1, -0.05) is 34.6 Å². The van der Waals surface area contributed by atoms with Crippen LogP contribution in [0.5, 0.6) is 0 Å². The van der Waals surface area contributed by atoms with E-state index < -0.39 is 0 Å². The van der Waals surface area contributed by atoms with Crippen molar-refractivity contribution in [2.24, 2.45) is 5.16 Å². The molecule has 0 saturated carbocycles. The third kappa shape index (κ3) is 1.39. The van der Waals surface area contributed by atoms with Gasteiger partial charge in [-0.3, -0.25) is 0 Å². The molecule has 0 unspecified atom stereocenters. The minimum Gasteiger partial charge on any atom is -0.390 e. The maximum Gasteiger partial charge on any atom is 0.143 e. The van der Waals surface area contributed by atoms with Gasteiger partial charge in [0, 0.05) is 17.2 Å². The SMILES string of the molecule is Cc1cc(C2=NOCc3ccccc32)no1. The maximum absolute atomic E-state index is 5.18. The van der Waals surface area contributed by atoms with E-state index in [0.29, 0.717) is 12.3 Å². The van der Waals surface area contributed by atoms with E-state index in [1.807, 2.05) is 37.3 Å². The van der Waals surface area contributed by atoms with Crippen molar-refractivity contribution in [1.29, 1.82) is 0 Å². The van der Waals surface area contributed by atoms with Crippen molar-refractivity contribution < 1.29 is 9.36 Å². The van der Waals surface area contributed by atoms with Crippen LogP contribution < -0.4 is 0 Å². The zero-order valence-electron chi connectivity index (χ0n) is 8.80. The van der Waals surface area contributed by atoms with Crippen LogP contribution in [-0.2, 0) is 11.4 Å². The fourth-order valence-corrected chi connectivity index (χ4v) is 1.76. The monoisotopic (exact) mass is 214 g/mol. The number of nitrogens with zero attached hydrogens (tertiary/aromatic N) is 2. The zero-order chi connectivity index (χ0) is 11.0. The lowest BCUT2D eigenvalue weighted by Crippen LogP contribution is -2.13. The lowest BCUT2D eigenvalue weighted by atomic mass is 10.0. The van der Waals surface area contributed by atoms with E-state index >= 15 is 0 Å². The molecule has 1 aromatic carbocycles. The summed E-state index contributed by atoms with van der Waals surface area (Å²) in [4.78, 5) is 5.18. The van der Waals surface area contributed by atoms with E-state index in [1.54, 1.807) is 0 Å². The Hall–Kier alpha value is -2.10. The number of fused-ring (bicyclic) bond motifs is 1. The maximum atomic E-state index is 5.18. The van der Waals surface area contributed by atoms with Crippen molar-refractivity contribution in [2.75, 3.05) is 0 Å². The fourth-order valence-electron chi connectivity index (χ4n) is 1.76. The Balaban J connectivity index is 2.12. The van der Waals surface area contributed by atoms with Crippen molar-refractivity contribution in [1.82, 2.24) is 5.16 Å². The van der Waals surface area contributed by atoms with Gasteiger partial charge in [0.05, 0.1) is 0 Å². The molecule has 0 N–H and O–H groups in total. The number of hydrogen-bond donors (Lipinski definition) is 0. The summed E-state index contributed by atoms with van der Waals surface area (Å²) < 4.78 is 5.05. The highest BCUT2D eigenvalue weighted by molar-refractivity contribution is 6.12. The smallest absolute Gasteiger partial charge is 0.143 e. The first-order valence-electron chi connectivity index (χ1n) is 5.06. The molecule has 0 amide bonds. The Kier molecular flexibility index (Phi) is 1.99. The molecule has 80 valence electrons. The van der Waals surface area contributed by atoms with Crippen LogP contribution in [0, 0.1) is 6.92 Å². The summed E-state index contributed by atoms with van der Waals surface area (Å²) in [5, 5.41) is 8.00. The predicted octanol–water partition coefficient (Wildman–Crippen LogP) is 2.27. The summed E-state index contributed by atoms with van der Waals surface area (Å²) in [6, 6.07) is 9.85. The van der Waals surface area contributed by atoms with Crippen LogP contribution >= 0.6 is 0 Å². The summed E-state index contributed by atoms with van der Waals surface area (Å²) in [5.41, 5.74) is 3.62. The Bertz CT molecular complexity index is 558. The molecule has 4 nitrogen and oxygen atoms in total. The normalized spacial score (nSPS) is 13.9. The first kappa shape index (κ1) is 9.15. The summed E-state index contributed by atoms with van der Waals surface area (Å²) in [6.07, 6.45) is 0. The summed E-state index contributed by atoms with van der Waals surface area (Å²) in [7, 11) is 0. The molecule has 0 fully saturated rings. The molecule has 0 radical (unpaired) electrons. The highest BCUT2D eigenvalue weighted by atomic mass is 16.6. The van der Waals surface area contributed by atoms with Gasteiger partial charge in [-0.25, -0.2) is 0 Å². The highest BCUT2D eigenvalue weighted by Gasteiger charge is 2.19. The number of benzene rings is 1. The van der Waals surface area contributed by atoms with E-state index in [1.165, 1.54) is 0 Å². The number of hydrogen-bond acceptors (Lipinski definition) is 4. The number of aromatic nitrogens is 1. The molecule has 4 heteroatoms. The van der Waals surface area contributed by atoms with Crippen LogP contribution in [0.25, 0.3) is 0 Å². The molecule has 1 aliphatic rings. The van der Waals surface area contributed by atoms with Gasteiger partial charge in [0.1, 0.15) is 23.8 Å². The Morgan fingerprint density at radius 3 is 2.94 bits per heavy atom. The molecule has 0 atom stereocenters. The second kappa shape index (κ2) is 3.48. The second-order valence-electron chi connectivity index (χ2n) is 3.69. The van der Waals surface area contributed by atoms with Crippen molar-refractivity contribution in [3.05, 3.63) is 52.9 Å². The van der Waals surface area contributed by atoms with Gasteiger partial charge in [0.25, 0.3) is 0 Å². The van der Waals surface area contributed by atoms with Crippen LogP contribution in [0.15, 0.2) is 40.0 Å². The summed E-state index contributed by atoms with van der Waals surface area (Å²) >= 11 is 0. The lowest BCUT2D eigenvalue weighted by molar-refractivity contribution is 0.126. The zero-order valence-corrected chi connectivity index (χ0v) is 8.80. The third-order valence-electron chi connectivity index (χ3n) is 2.52. The molecule has 0 saturated heterocycles. The van der Waals surface area contributed by atoms with E-state index in [-0.39, 0.29) is 0 Å². The largest absolute Gasteiger partial charge is 0.390 e. The van der Waals surface area contributed by atoms with Gasteiger partial charge < -0.3 is 9.36 Å². The second-order valence-corrected chi connectivity index (χ2v) is 3.69. The van der Waals surface area contributed by atoms with Crippen LogP contribution in [0.4, 0.5) is 0 Å². The van der Waals surface area contributed by atoms with E-state index in [9.17, 15) is 0 Å². The molecule has 0 bridgehead atoms. The first-order valence-corrected chi connectivity index (χ1v) is 5.06. The molecular weight excluding hydrogens is 204 g/mol. The molecule has 2 heterocycles. The van der Waals surface area contributed by atoms with Crippen molar-refractivity contribution in [3.63, 3.8) is 0 Å². The first-order chi connectivity index (χ1) is 7.84. The predicted molar refractivity (Wildman–Crippen MR) is 58.1 cm³/mol. The minimum atomic E-state index is 0.510. The molecule has 1 aliphatic heterocycles. The third-order valence-corrected chi connectivity index (χ3v) is 2.52. The summed E-state index contributed by atoms with van der Waals surface area (Å²) in [5.74, 6) is 0.765. The Morgan fingerprint density at radius 1 is 1.25 bits per heavy atom. The van der Waals surface area contributed by atoms with Crippen molar-refractivity contribution in [2.45, 2.75) is 13.5 Å². The quantitative estimate of drug-likeness (QED) is 0.731. The van der Waals surface area contributed by atoms with Crippen LogP contribution in [0.3, 0.4) is 0 Å². The molecule has 0 spiro atoms.